The number of fused-ring (bicyclic) bond motifs is 2. The van der Waals surface area contributed by atoms with Gasteiger partial charge in [-0.3, -0.25) is 14.7 Å². The van der Waals surface area contributed by atoms with Crippen molar-refractivity contribution in [2.24, 2.45) is 0 Å². The highest BCUT2D eigenvalue weighted by atomic mass is 16.5. The molecule has 6 rings (SSSR count). The number of methoxy groups -OCH3 is 1. The molecular formula is C31H30N4O4. The summed E-state index contributed by atoms with van der Waals surface area (Å²) in [5, 5.41) is 0.499. The molecular weight excluding hydrogens is 492 g/mol. The second-order valence-corrected chi connectivity index (χ2v) is 9.53. The maximum absolute atomic E-state index is 13.4. The molecule has 0 spiro atoms. The molecule has 1 fully saturated rings. The van der Waals surface area contributed by atoms with E-state index in [0.29, 0.717) is 34.6 Å². The molecule has 1 aliphatic rings. The molecule has 0 radical (unpaired) electrons. The summed E-state index contributed by atoms with van der Waals surface area (Å²) in [6.07, 6.45) is 2.65. The molecule has 0 atom stereocenters. The molecule has 2 aromatic heterocycles. The molecule has 0 aliphatic carbocycles. The first-order valence-corrected chi connectivity index (χ1v) is 13.2. The van der Waals surface area contributed by atoms with Crippen LogP contribution in [-0.4, -0.2) is 61.3 Å². The van der Waals surface area contributed by atoms with Crippen molar-refractivity contribution >= 4 is 27.8 Å². The van der Waals surface area contributed by atoms with Crippen molar-refractivity contribution in [3.63, 3.8) is 0 Å². The summed E-state index contributed by atoms with van der Waals surface area (Å²) in [6.45, 7) is 4.92. The molecule has 39 heavy (non-hydrogen) atoms. The summed E-state index contributed by atoms with van der Waals surface area (Å²) < 4.78 is 17.9. The number of piperazine rings is 1. The minimum Gasteiger partial charge on any atom is -0.496 e. The molecule has 8 nitrogen and oxygen atoms in total. The Bertz CT molecular complexity index is 1660. The second-order valence-electron chi connectivity index (χ2n) is 9.53. The molecule has 3 heterocycles. The summed E-state index contributed by atoms with van der Waals surface area (Å²) in [7, 11) is 1.60. The fourth-order valence-corrected chi connectivity index (χ4v) is 5.03. The first-order valence-electron chi connectivity index (χ1n) is 13.2. The number of benzene rings is 3. The Morgan fingerprint density at radius 3 is 2.49 bits per heavy atom. The Labute approximate surface area is 226 Å². The van der Waals surface area contributed by atoms with Crippen LogP contribution in [0, 0.1) is 0 Å². The molecule has 3 aromatic carbocycles. The lowest BCUT2D eigenvalue weighted by molar-refractivity contribution is 0.223. The molecule has 5 aromatic rings. The number of hydrogen-bond donors (Lipinski definition) is 0. The van der Waals surface area contributed by atoms with Crippen LogP contribution in [0.3, 0.4) is 0 Å². The van der Waals surface area contributed by atoms with Gasteiger partial charge in [0.25, 0.3) is 0 Å². The van der Waals surface area contributed by atoms with Crippen LogP contribution in [0.25, 0.3) is 33.3 Å². The smallest absolute Gasteiger partial charge is 0.235 e. The number of hydrogen-bond acceptors (Lipinski definition) is 8. The molecule has 0 unspecified atom stereocenters. The summed E-state index contributed by atoms with van der Waals surface area (Å²) in [6, 6.07) is 22.7. The Kier molecular flexibility index (Phi) is 7.10. The van der Waals surface area contributed by atoms with Gasteiger partial charge in [-0.25, -0.2) is 4.98 Å². The first kappa shape index (κ1) is 24.9. The number of ether oxygens (including phenoxy) is 2. The Hall–Kier alpha value is -4.43. The fourth-order valence-electron chi connectivity index (χ4n) is 5.03. The topological polar surface area (TPSA) is 80.9 Å². The molecule has 0 amide bonds. The SMILES string of the molecule is COc1ccccc1-c1oc2ccccc2c(=O)c1OCCCN1CCN(c2cnc3ccccc3n2)CC1. The lowest BCUT2D eigenvalue weighted by Crippen LogP contribution is -2.47. The van der Waals surface area contributed by atoms with Gasteiger partial charge in [0, 0.05) is 32.7 Å². The zero-order valence-corrected chi connectivity index (χ0v) is 21.9. The van der Waals surface area contributed by atoms with Crippen molar-refractivity contribution < 1.29 is 13.9 Å². The molecule has 0 bridgehead atoms. The van der Waals surface area contributed by atoms with Crippen molar-refractivity contribution in [3.05, 3.63) is 89.2 Å². The van der Waals surface area contributed by atoms with E-state index < -0.39 is 0 Å². The van der Waals surface area contributed by atoms with E-state index in [0.717, 1.165) is 56.0 Å². The fraction of sp³-hybridized carbons (Fsp3) is 0.258. The van der Waals surface area contributed by atoms with Gasteiger partial charge >= 0.3 is 0 Å². The van der Waals surface area contributed by atoms with Gasteiger partial charge in [0.05, 0.1) is 41.9 Å². The quantitative estimate of drug-likeness (QED) is 0.263. The van der Waals surface area contributed by atoms with Crippen molar-refractivity contribution in [2.45, 2.75) is 6.42 Å². The van der Waals surface area contributed by atoms with Crippen LogP contribution >= 0.6 is 0 Å². The van der Waals surface area contributed by atoms with E-state index in [-0.39, 0.29) is 11.2 Å². The van der Waals surface area contributed by atoms with Crippen molar-refractivity contribution in [3.8, 4) is 22.8 Å². The molecule has 8 heteroatoms. The predicted octanol–water partition coefficient (Wildman–Crippen LogP) is 5.00. The number of anilines is 1. The summed E-state index contributed by atoms with van der Waals surface area (Å²) in [5.41, 5.74) is 2.85. The monoisotopic (exact) mass is 522 g/mol. The second kappa shape index (κ2) is 11.1. The van der Waals surface area contributed by atoms with E-state index in [1.54, 1.807) is 19.2 Å². The predicted molar refractivity (Wildman–Crippen MR) is 153 cm³/mol. The lowest BCUT2D eigenvalue weighted by Gasteiger charge is -2.35. The van der Waals surface area contributed by atoms with Crippen LogP contribution in [-0.2, 0) is 0 Å². The van der Waals surface area contributed by atoms with Crippen LogP contribution in [0.1, 0.15) is 6.42 Å². The van der Waals surface area contributed by atoms with Gasteiger partial charge in [0.2, 0.25) is 11.2 Å². The minimum absolute atomic E-state index is 0.178. The maximum atomic E-state index is 13.4. The zero-order valence-electron chi connectivity index (χ0n) is 21.9. The van der Waals surface area contributed by atoms with Crippen LogP contribution < -0.4 is 19.8 Å². The normalized spacial score (nSPS) is 14.1. The van der Waals surface area contributed by atoms with Crippen molar-refractivity contribution in [1.82, 2.24) is 14.9 Å². The number of para-hydroxylation sites is 4. The third-order valence-electron chi connectivity index (χ3n) is 7.10. The van der Waals surface area contributed by atoms with Gasteiger partial charge in [-0.05, 0) is 42.8 Å². The molecule has 0 saturated carbocycles. The molecule has 0 N–H and O–H groups in total. The van der Waals surface area contributed by atoms with Gasteiger partial charge in [0.1, 0.15) is 17.2 Å². The van der Waals surface area contributed by atoms with E-state index in [1.807, 2.05) is 66.9 Å². The number of nitrogens with zero attached hydrogens (tertiary/aromatic N) is 4. The minimum atomic E-state index is -0.178. The largest absolute Gasteiger partial charge is 0.496 e. The van der Waals surface area contributed by atoms with E-state index >= 15 is 0 Å². The highest BCUT2D eigenvalue weighted by molar-refractivity contribution is 5.83. The number of aromatic nitrogens is 2. The molecule has 1 aliphatic heterocycles. The molecule has 198 valence electrons. The van der Waals surface area contributed by atoms with E-state index in [2.05, 4.69) is 14.8 Å². The average molecular weight is 523 g/mol. The standard InChI is InChI=1S/C31H30N4O4/c1-37-26-13-6-3-10-23(26)30-31(29(36)22-9-2-7-14-27(22)39-30)38-20-8-15-34-16-18-35(19-17-34)28-21-32-24-11-4-5-12-25(24)33-28/h2-7,9-14,21H,8,15-20H2,1H3. The van der Waals surface area contributed by atoms with Gasteiger partial charge in [0.15, 0.2) is 5.76 Å². The van der Waals surface area contributed by atoms with E-state index in [4.69, 9.17) is 18.9 Å². The highest BCUT2D eigenvalue weighted by Crippen LogP contribution is 2.36. The summed E-state index contributed by atoms with van der Waals surface area (Å²) in [4.78, 5) is 27.5. The van der Waals surface area contributed by atoms with Gasteiger partial charge in [-0.15, -0.1) is 0 Å². The lowest BCUT2D eigenvalue weighted by atomic mass is 10.1. The maximum Gasteiger partial charge on any atom is 0.235 e. The summed E-state index contributed by atoms with van der Waals surface area (Å²) in [5.74, 6) is 2.15. The Morgan fingerprint density at radius 1 is 0.897 bits per heavy atom. The summed E-state index contributed by atoms with van der Waals surface area (Å²) >= 11 is 0. The van der Waals surface area contributed by atoms with Crippen LogP contribution in [0.15, 0.2) is 88.2 Å². The van der Waals surface area contributed by atoms with Crippen LogP contribution in [0.2, 0.25) is 0 Å². The van der Waals surface area contributed by atoms with Gasteiger partial charge < -0.3 is 18.8 Å². The van der Waals surface area contributed by atoms with Crippen LogP contribution in [0.4, 0.5) is 5.82 Å². The average Bonchev–Trinajstić information content (AvgIpc) is 3.00. The zero-order chi connectivity index (χ0) is 26.6. The first-order chi connectivity index (χ1) is 19.2. The Morgan fingerprint density at radius 2 is 1.64 bits per heavy atom. The van der Waals surface area contributed by atoms with E-state index in [9.17, 15) is 4.79 Å². The molecule has 1 saturated heterocycles. The third kappa shape index (κ3) is 5.15. The van der Waals surface area contributed by atoms with Gasteiger partial charge in [-0.1, -0.05) is 36.4 Å². The Balaban J connectivity index is 1.11. The third-order valence-corrected chi connectivity index (χ3v) is 7.10. The van der Waals surface area contributed by atoms with E-state index in [1.165, 1.54) is 0 Å². The van der Waals surface area contributed by atoms with Gasteiger partial charge in [-0.2, -0.15) is 0 Å². The van der Waals surface area contributed by atoms with Crippen LogP contribution in [0.5, 0.6) is 11.5 Å². The number of rotatable bonds is 8. The highest BCUT2D eigenvalue weighted by Gasteiger charge is 2.21. The van der Waals surface area contributed by atoms with Crippen molar-refractivity contribution in [1.29, 1.82) is 0 Å². The van der Waals surface area contributed by atoms with Crippen molar-refractivity contribution in [2.75, 3.05) is 51.3 Å².